The number of hydrogen-bond donors (Lipinski definition) is 1. The average Bonchev–Trinajstić information content (AvgIpc) is 2.75. The van der Waals surface area contributed by atoms with E-state index in [1.807, 2.05) is 0 Å². The minimum atomic E-state index is -0.767. The number of nitrogens with zero attached hydrogens (tertiary/aromatic N) is 1. The van der Waals surface area contributed by atoms with Crippen molar-refractivity contribution in [1.82, 2.24) is 5.32 Å². The SMILES string of the molecule is COC(=O)NC1Cc2ccc([N+](=O)[O-])cc2C1OC(C)=O. The number of nitro groups is 1. The molecular weight excluding hydrogens is 280 g/mol. The van der Waals surface area contributed by atoms with Crippen molar-refractivity contribution in [1.29, 1.82) is 0 Å². The quantitative estimate of drug-likeness (QED) is 0.514. The third kappa shape index (κ3) is 3.10. The van der Waals surface area contributed by atoms with Gasteiger partial charge in [-0.15, -0.1) is 0 Å². The summed E-state index contributed by atoms with van der Waals surface area (Å²) in [5, 5.41) is 13.4. The molecule has 1 aliphatic carbocycles. The third-order valence-corrected chi connectivity index (χ3v) is 3.23. The third-order valence-electron chi connectivity index (χ3n) is 3.23. The van der Waals surface area contributed by atoms with E-state index in [9.17, 15) is 19.7 Å². The second-order valence-corrected chi connectivity index (χ2v) is 4.62. The molecule has 0 saturated carbocycles. The van der Waals surface area contributed by atoms with Crippen LogP contribution in [0.3, 0.4) is 0 Å². The second kappa shape index (κ2) is 5.78. The van der Waals surface area contributed by atoms with E-state index in [-0.39, 0.29) is 5.69 Å². The van der Waals surface area contributed by atoms with E-state index in [4.69, 9.17) is 4.74 Å². The van der Waals surface area contributed by atoms with Gasteiger partial charge in [0.25, 0.3) is 5.69 Å². The minimum Gasteiger partial charge on any atom is -0.455 e. The Morgan fingerprint density at radius 1 is 1.43 bits per heavy atom. The first-order chi connectivity index (χ1) is 9.92. The van der Waals surface area contributed by atoms with Crippen LogP contribution in [-0.4, -0.2) is 30.1 Å². The molecule has 0 spiro atoms. The van der Waals surface area contributed by atoms with Crippen molar-refractivity contribution in [2.24, 2.45) is 0 Å². The van der Waals surface area contributed by atoms with Crippen LogP contribution in [0.15, 0.2) is 18.2 Å². The van der Waals surface area contributed by atoms with Crippen molar-refractivity contribution in [2.75, 3.05) is 7.11 Å². The Hall–Kier alpha value is -2.64. The van der Waals surface area contributed by atoms with Crippen molar-refractivity contribution < 1.29 is 24.0 Å². The first-order valence-corrected chi connectivity index (χ1v) is 6.21. The molecule has 0 aliphatic heterocycles. The molecule has 0 saturated heterocycles. The van der Waals surface area contributed by atoms with E-state index >= 15 is 0 Å². The second-order valence-electron chi connectivity index (χ2n) is 4.62. The van der Waals surface area contributed by atoms with Gasteiger partial charge >= 0.3 is 12.1 Å². The molecule has 112 valence electrons. The number of carbonyl (C=O) groups excluding carboxylic acids is 2. The molecule has 0 radical (unpaired) electrons. The average molecular weight is 294 g/mol. The maximum Gasteiger partial charge on any atom is 0.407 e. The summed E-state index contributed by atoms with van der Waals surface area (Å²) in [5.41, 5.74) is 1.22. The number of rotatable bonds is 3. The number of methoxy groups -OCH3 is 1. The lowest BCUT2D eigenvalue weighted by atomic mass is 10.1. The van der Waals surface area contributed by atoms with Gasteiger partial charge < -0.3 is 14.8 Å². The molecule has 1 aromatic rings. The maximum atomic E-state index is 11.3. The van der Waals surface area contributed by atoms with Crippen LogP contribution in [0.4, 0.5) is 10.5 Å². The van der Waals surface area contributed by atoms with Gasteiger partial charge in [-0.3, -0.25) is 14.9 Å². The fourth-order valence-electron chi connectivity index (χ4n) is 2.37. The van der Waals surface area contributed by atoms with Crippen LogP contribution in [0.25, 0.3) is 0 Å². The Kier molecular flexibility index (Phi) is 4.06. The molecule has 0 heterocycles. The van der Waals surface area contributed by atoms with Crippen LogP contribution in [0, 0.1) is 10.1 Å². The lowest BCUT2D eigenvalue weighted by Crippen LogP contribution is -2.39. The molecule has 21 heavy (non-hydrogen) atoms. The van der Waals surface area contributed by atoms with Gasteiger partial charge in [0.1, 0.15) is 6.10 Å². The number of non-ortho nitro benzene ring substituents is 1. The van der Waals surface area contributed by atoms with E-state index < -0.39 is 29.1 Å². The summed E-state index contributed by atoms with van der Waals surface area (Å²) in [6.07, 6.45) is -1.02. The van der Waals surface area contributed by atoms with Gasteiger partial charge in [0.2, 0.25) is 0 Å². The summed E-state index contributed by atoms with van der Waals surface area (Å²) in [4.78, 5) is 32.9. The number of hydrogen-bond acceptors (Lipinski definition) is 6. The first kappa shape index (κ1) is 14.8. The molecule has 2 unspecified atom stereocenters. The van der Waals surface area contributed by atoms with Crippen molar-refractivity contribution in [3.8, 4) is 0 Å². The fourth-order valence-corrected chi connectivity index (χ4v) is 2.37. The summed E-state index contributed by atoms with van der Waals surface area (Å²) in [6.45, 7) is 1.24. The summed E-state index contributed by atoms with van der Waals surface area (Å²) in [5.74, 6) is -0.531. The summed E-state index contributed by atoms with van der Waals surface area (Å²) in [7, 11) is 1.23. The Morgan fingerprint density at radius 2 is 2.14 bits per heavy atom. The van der Waals surface area contributed by atoms with E-state index in [2.05, 4.69) is 10.1 Å². The number of esters is 1. The topological polar surface area (TPSA) is 108 Å². The molecule has 0 aromatic heterocycles. The van der Waals surface area contributed by atoms with E-state index in [0.29, 0.717) is 12.0 Å². The maximum absolute atomic E-state index is 11.3. The standard InChI is InChI=1S/C13H14N2O6/c1-7(16)21-12-10-6-9(15(18)19)4-3-8(10)5-11(12)14-13(17)20-2/h3-4,6,11-12H,5H2,1-2H3,(H,14,17). The number of carbonyl (C=O) groups is 2. The summed E-state index contributed by atoms with van der Waals surface area (Å²) in [6, 6.07) is 3.83. The summed E-state index contributed by atoms with van der Waals surface area (Å²) < 4.78 is 9.73. The van der Waals surface area contributed by atoms with Gasteiger partial charge in [0.05, 0.1) is 18.1 Å². The molecule has 8 nitrogen and oxygen atoms in total. The molecule has 0 fully saturated rings. The van der Waals surface area contributed by atoms with Crippen molar-refractivity contribution in [3.63, 3.8) is 0 Å². The van der Waals surface area contributed by atoms with Gasteiger partial charge in [0, 0.05) is 24.6 Å². The molecule has 8 heteroatoms. The minimum absolute atomic E-state index is 0.0929. The first-order valence-electron chi connectivity index (χ1n) is 6.21. The monoisotopic (exact) mass is 294 g/mol. The number of benzene rings is 1. The number of nitro benzene ring substituents is 1. The lowest BCUT2D eigenvalue weighted by Gasteiger charge is -2.20. The van der Waals surface area contributed by atoms with Gasteiger partial charge in [-0.2, -0.15) is 0 Å². The van der Waals surface area contributed by atoms with Crippen molar-refractivity contribution in [2.45, 2.75) is 25.5 Å². The fraction of sp³-hybridized carbons (Fsp3) is 0.385. The Balaban J connectivity index is 2.33. The van der Waals surface area contributed by atoms with Crippen LogP contribution in [-0.2, 0) is 20.7 Å². The highest BCUT2D eigenvalue weighted by atomic mass is 16.6. The van der Waals surface area contributed by atoms with E-state index in [1.165, 1.54) is 26.2 Å². The molecule has 1 aromatic carbocycles. The highest BCUT2D eigenvalue weighted by Crippen LogP contribution is 2.36. The highest BCUT2D eigenvalue weighted by molar-refractivity contribution is 5.69. The Labute approximate surface area is 120 Å². The Morgan fingerprint density at radius 3 is 2.71 bits per heavy atom. The zero-order chi connectivity index (χ0) is 15.6. The number of nitrogens with one attached hydrogen (secondary N) is 1. The van der Waals surface area contributed by atoms with E-state index in [0.717, 1.165) is 5.56 Å². The predicted octanol–water partition coefficient (Wildman–Crippen LogP) is 1.48. The smallest absolute Gasteiger partial charge is 0.407 e. The predicted molar refractivity (Wildman–Crippen MR) is 70.6 cm³/mol. The molecule has 1 N–H and O–H groups in total. The number of alkyl carbamates (subject to hydrolysis) is 1. The van der Waals surface area contributed by atoms with Gasteiger partial charge in [-0.25, -0.2) is 4.79 Å². The number of fused-ring (bicyclic) bond motifs is 1. The van der Waals surface area contributed by atoms with Crippen molar-refractivity contribution >= 4 is 17.7 Å². The summed E-state index contributed by atoms with van der Waals surface area (Å²) >= 11 is 0. The van der Waals surface area contributed by atoms with Gasteiger partial charge in [-0.05, 0) is 12.0 Å². The number of amides is 1. The van der Waals surface area contributed by atoms with Crippen LogP contribution < -0.4 is 5.32 Å². The largest absolute Gasteiger partial charge is 0.455 e. The van der Waals surface area contributed by atoms with Crippen LogP contribution in [0.5, 0.6) is 0 Å². The van der Waals surface area contributed by atoms with Crippen LogP contribution >= 0.6 is 0 Å². The molecular formula is C13H14N2O6. The van der Waals surface area contributed by atoms with Gasteiger partial charge in [0.15, 0.2) is 0 Å². The lowest BCUT2D eigenvalue weighted by molar-refractivity contribution is -0.385. The molecule has 0 bridgehead atoms. The Bertz CT molecular complexity index is 600. The zero-order valence-electron chi connectivity index (χ0n) is 11.5. The zero-order valence-corrected chi connectivity index (χ0v) is 11.5. The highest BCUT2D eigenvalue weighted by Gasteiger charge is 2.37. The molecule has 2 rings (SSSR count). The normalized spacial score (nSPS) is 19.5. The van der Waals surface area contributed by atoms with Crippen LogP contribution in [0.1, 0.15) is 24.2 Å². The molecule has 1 amide bonds. The van der Waals surface area contributed by atoms with E-state index in [1.54, 1.807) is 6.07 Å². The molecule has 2 atom stereocenters. The van der Waals surface area contributed by atoms with Crippen molar-refractivity contribution in [3.05, 3.63) is 39.4 Å². The van der Waals surface area contributed by atoms with Gasteiger partial charge in [-0.1, -0.05) is 6.07 Å². The molecule has 1 aliphatic rings. The van der Waals surface area contributed by atoms with Crippen LogP contribution in [0.2, 0.25) is 0 Å². The number of ether oxygens (including phenoxy) is 2.